The van der Waals surface area contributed by atoms with E-state index in [9.17, 15) is 0 Å². The van der Waals surface area contributed by atoms with Crippen molar-refractivity contribution in [3.63, 3.8) is 0 Å². The monoisotopic (exact) mass is 118 g/mol. The molecule has 0 amide bonds. The van der Waals surface area contributed by atoms with Crippen LogP contribution in [-0.4, -0.2) is 0 Å². The molecule has 2 bridgehead atoms. The van der Waals surface area contributed by atoms with Gasteiger partial charge in [0.25, 0.3) is 0 Å². The molecule has 9 heavy (non-hydrogen) atoms. The van der Waals surface area contributed by atoms with Crippen molar-refractivity contribution in [2.45, 2.75) is 6.42 Å². The van der Waals surface area contributed by atoms with Gasteiger partial charge >= 0.3 is 0 Å². The van der Waals surface area contributed by atoms with E-state index in [2.05, 4.69) is 24.3 Å². The van der Waals surface area contributed by atoms with Crippen LogP contribution in [0.15, 0.2) is 24.3 Å². The molecule has 0 radical (unpaired) electrons. The third-order valence-corrected chi connectivity index (χ3v) is 3.00. The summed E-state index contributed by atoms with van der Waals surface area (Å²) in [5, 5.41) is 0. The van der Waals surface area contributed by atoms with E-state index in [0.29, 0.717) is 0 Å². The van der Waals surface area contributed by atoms with Gasteiger partial charge in [0.2, 0.25) is 0 Å². The van der Waals surface area contributed by atoms with Crippen molar-refractivity contribution in [3.05, 3.63) is 24.3 Å². The SMILES string of the molecule is C1=CC2C3C=CC1CC23. The standard InChI is InChI=1S/C9H10/c1-3-7-8-4-2-6(1)5-9(7)8/h1-4,6-9H,5H2. The summed E-state index contributed by atoms with van der Waals surface area (Å²) in [6.07, 6.45) is 11.0. The maximum Gasteiger partial charge on any atom is -0.00502 e. The maximum atomic E-state index is 2.42. The van der Waals surface area contributed by atoms with E-state index in [1.807, 2.05) is 0 Å². The first-order valence-corrected chi connectivity index (χ1v) is 3.82. The summed E-state index contributed by atoms with van der Waals surface area (Å²) in [6, 6.07) is 0. The fraction of sp³-hybridized carbons (Fsp3) is 0.556. The first kappa shape index (κ1) is 4.32. The predicted octanol–water partition coefficient (Wildman–Crippen LogP) is 1.99. The molecule has 0 nitrogen and oxygen atoms in total. The molecule has 0 heterocycles. The molecule has 46 valence electrons. The van der Waals surface area contributed by atoms with Gasteiger partial charge in [-0.1, -0.05) is 24.3 Å². The van der Waals surface area contributed by atoms with Crippen molar-refractivity contribution in [3.8, 4) is 0 Å². The van der Waals surface area contributed by atoms with Gasteiger partial charge in [-0.3, -0.25) is 0 Å². The Bertz CT molecular complexity index is 180. The highest BCUT2D eigenvalue weighted by atomic mass is 14.5. The molecule has 3 aliphatic rings. The van der Waals surface area contributed by atoms with Crippen LogP contribution in [0.25, 0.3) is 0 Å². The van der Waals surface area contributed by atoms with Gasteiger partial charge in [0.05, 0.1) is 0 Å². The van der Waals surface area contributed by atoms with Crippen LogP contribution in [0.1, 0.15) is 6.42 Å². The quantitative estimate of drug-likeness (QED) is 0.427. The second kappa shape index (κ2) is 1.16. The summed E-state index contributed by atoms with van der Waals surface area (Å²) >= 11 is 0. The molecule has 1 fully saturated rings. The Labute approximate surface area is 55.3 Å². The van der Waals surface area contributed by atoms with Gasteiger partial charge < -0.3 is 0 Å². The summed E-state index contributed by atoms with van der Waals surface area (Å²) in [6.45, 7) is 0. The van der Waals surface area contributed by atoms with Crippen LogP contribution in [0, 0.1) is 23.7 Å². The fourth-order valence-electron chi connectivity index (χ4n) is 2.36. The highest BCUT2D eigenvalue weighted by molar-refractivity contribution is 5.27. The summed E-state index contributed by atoms with van der Waals surface area (Å²) in [7, 11) is 0. The molecule has 0 N–H and O–H groups in total. The Morgan fingerprint density at radius 1 is 0.889 bits per heavy atom. The molecule has 2 atom stereocenters. The maximum absolute atomic E-state index is 2.42. The van der Waals surface area contributed by atoms with Gasteiger partial charge in [-0.15, -0.1) is 0 Å². The highest BCUT2D eigenvalue weighted by Gasteiger charge is 2.50. The van der Waals surface area contributed by atoms with Gasteiger partial charge in [0.1, 0.15) is 0 Å². The smallest absolute Gasteiger partial charge is 0.00502 e. The lowest BCUT2D eigenvalue weighted by atomic mass is 9.93. The summed E-state index contributed by atoms with van der Waals surface area (Å²) < 4.78 is 0. The summed E-state index contributed by atoms with van der Waals surface area (Å²) in [4.78, 5) is 0. The molecule has 0 aromatic carbocycles. The first-order chi connectivity index (χ1) is 4.45. The lowest BCUT2D eigenvalue weighted by Crippen LogP contribution is -2.01. The molecular formula is C9H10. The second-order valence-corrected chi connectivity index (χ2v) is 3.49. The zero-order chi connectivity index (χ0) is 5.84. The van der Waals surface area contributed by atoms with E-state index < -0.39 is 0 Å². The first-order valence-electron chi connectivity index (χ1n) is 3.82. The molecule has 0 spiro atoms. The number of hydrogen-bond donors (Lipinski definition) is 0. The number of hydrogen-bond acceptors (Lipinski definition) is 0. The van der Waals surface area contributed by atoms with Crippen LogP contribution in [-0.2, 0) is 0 Å². The normalized spacial score (nSPS) is 57.8. The van der Waals surface area contributed by atoms with Crippen LogP contribution < -0.4 is 0 Å². The number of allylic oxidation sites excluding steroid dienone is 4. The van der Waals surface area contributed by atoms with Crippen molar-refractivity contribution in [2.24, 2.45) is 23.7 Å². The Balaban J connectivity index is 2.15. The molecule has 0 aromatic heterocycles. The Hall–Kier alpha value is -0.520. The van der Waals surface area contributed by atoms with Crippen LogP contribution >= 0.6 is 0 Å². The van der Waals surface area contributed by atoms with Gasteiger partial charge in [-0.2, -0.15) is 0 Å². The Morgan fingerprint density at radius 2 is 1.56 bits per heavy atom. The zero-order valence-corrected chi connectivity index (χ0v) is 5.33. The minimum absolute atomic E-state index is 0.810. The lowest BCUT2D eigenvalue weighted by molar-refractivity contribution is 0.568. The lowest BCUT2D eigenvalue weighted by Gasteiger charge is -2.12. The van der Waals surface area contributed by atoms with E-state index in [4.69, 9.17) is 0 Å². The third-order valence-electron chi connectivity index (χ3n) is 3.00. The molecule has 2 unspecified atom stereocenters. The molecule has 0 heteroatoms. The fourth-order valence-corrected chi connectivity index (χ4v) is 2.36. The van der Waals surface area contributed by atoms with E-state index >= 15 is 0 Å². The molecule has 3 rings (SSSR count). The molecule has 3 aliphatic carbocycles. The molecule has 0 saturated heterocycles. The van der Waals surface area contributed by atoms with Crippen LogP contribution in [0.3, 0.4) is 0 Å². The minimum Gasteiger partial charge on any atom is -0.0839 e. The van der Waals surface area contributed by atoms with Crippen molar-refractivity contribution >= 4 is 0 Å². The Morgan fingerprint density at radius 3 is 2.11 bits per heavy atom. The van der Waals surface area contributed by atoms with Gasteiger partial charge in [0, 0.05) is 0 Å². The van der Waals surface area contributed by atoms with Crippen LogP contribution in [0.2, 0.25) is 0 Å². The minimum atomic E-state index is 0.810. The highest BCUT2D eigenvalue weighted by Crippen LogP contribution is 2.57. The predicted molar refractivity (Wildman–Crippen MR) is 36.9 cm³/mol. The van der Waals surface area contributed by atoms with Crippen molar-refractivity contribution in [2.75, 3.05) is 0 Å². The number of rotatable bonds is 0. The average molecular weight is 118 g/mol. The van der Waals surface area contributed by atoms with E-state index in [-0.39, 0.29) is 0 Å². The average Bonchev–Trinajstić information content (AvgIpc) is 2.62. The number of fused-ring (bicyclic) bond motifs is 2. The van der Waals surface area contributed by atoms with Gasteiger partial charge in [0.15, 0.2) is 0 Å². The van der Waals surface area contributed by atoms with Gasteiger partial charge in [-0.25, -0.2) is 0 Å². The Kier molecular flexibility index (Phi) is 0.555. The molecule has 1 saturated carbocycles. The third kappa shape index (κ3) is 0.407. The summed E-state index contributed by atoms with van der Waals surface area (Å²) in [5.41, 5.74) is 0. The largest absolute Gasteiger partial charge is 0.0839 e. The van der Waals surface area contributed by atoms with Crippen LogP contribution in [0.4, 0.5) is 0 Å². The molecule has 0 aromatic rings. The van der Waals surface area contributed by atoms with E-state index in [1.165, 1.54) is 6.42 Å². The van der Waals surface area contributed by atoms with Crippen molar-refractivity contribution in [1.29, 1.82) is 0 Å². The molecular weight excluding hydrogens is 108 g/mol. The summed E-state index contributed by atoms with van der Waals surface area (Å²) in [5.74, 6) is 3.79. The molecule has 0 aliphatic heterocycles. The second-order valence-electron chi connectivity index (χ2n) is 3.49. The van der Waals surface area contributed by atoms with E-state index in [0.717, 1.165) is 23.7 Å². The van der Waals surface area contributed by atoms with Crippen molar-refractivity contribution < 1.29 is 0 Å². The van der Waals surface area contributed by atoms with Crippen molar-refractivity contribution in [1.82, 2.24) is 0 Å². The van der Waals surface area contributed by atoms with Crippen LogP contribution in [0.5, 0.6) is 0 Å². The topological polar surface area (TPSA) is 0 Å². The zero-order valence-electron chi connectivity index (χ0n) is 5.33. The van der Waals surface area contributed by atoms with Gasteiger partial charge in [-0.05, 0) is 30.1 Å². The van der Waals surface area contributed by atoms with E-state index in [1.54, 1.807) is 0 Å².